The Morgan fingerprint density at radius 1 is 1.04 bits per heavy atom. The number of fused-ring (bicyclic) bond motifs is 1. The minimum absolute atomic E-state index is 0.0266. The molecule has 2 aromatic heterocycles. The van der Waals surface area contributed by atoms with Crippen molar-refractivity contribution in [3.05, 3.63) is 112 Å². The second kappa shape index (κ2) is 11.9. The van der Waals surface area contributed by atoms with E-state index in [1.807, 2.05) is 18.4 Å². The minimum atomic E-state index is -1.29. The average Bonchev–Trinajstić information content (AvgIpc) is 3.56. The van der Waals surface area contributed by atoms with Crippen LogP contribution in [0.3, 0.4) is 0 Å². The molecule has 1 fully saturated rings. The molecule has 6 rings (SSSR count). The standard InChI is InChI=1S/C34H26F4N4O4/c1-34(2)17-45-16-28(34)42-27-11-18(33(43)44)8-9-26(27)40-29(42)12-21-10-24(36)22(13-23(21)35)25-4-3-5-30(41-25)46-15-20-7-6-19(14-39)31(37)32(20)38/h3-11,13,28H,12,15-17H2,1-2H3,(H,43,44). The minimum Gasteiger partial charge on any atom is -0.478 e. The van der Waals surface area contributed by atoms with Crippen LogP contribution >= 0.6 is 0 Å². The van der Waals surface area contributed by atoms with Crippen LogP contribution in [0.1, 0.15) is 52.8 Å². The number of hydrogen-bond donors (Lipinski definition) is 1. The molecule has 234 valence electrons. The SMILES string of the molecule is CC1(C)COCC1n1c(Cc2cc(F)c(-c3cccc(OCc4ccc(C#N)c(F)c4F)n3)cc2F)nc2ccc(C(=O)O)cc21. The van der Waals surface area contributed by atoms with E-state index >= 15 is 8.78 Å². The van der Waals surface area contributed by atoms with E-state index in [0.29, 0.717) is 30.1 Å². The Morgan fingerprint density at radius 3 is 2.57 bits per heavy atom. The highest BCUT2D eigenvalue weighted by Gasteiger charge is 2.39. The van der Waals surface area contributed by atoms with E-state index in [-0.39, 0.29) is 51.7 Å². The van der Waals surface area contributed by atoms with E-state index in [2.05, 4.69) is 9.97 Å². The number of ether oxygens (including phenoxy) is 2. The number of imidazole rings is 1. The number of carboxylic acids is 1. The van der Waals surface area contributed by atoms with Crippen LogP contribution in [0.15, 0.2) is 60.7 Å². The topological polar surface area (TPSA) is 110 Å². The van der Waals surface area contributed by atoms with Crippen LogP contribution in [0.4, 0.5) is 17.6 Å². The molecule has 1 N–H and O–H groups in total. The van der Waals surface area contributed by atoms with Crippen molar-refractivity contribution in [2.45, 2.75) is 32.9 Å². The molecular weight excluding hydrogens is 604 g/mol. The first-order valence-electron chi connectivity index (χ1n) is 14.2. The third-order valence-electron chi connectivity index (χ3n) is 8.12. The van der Waals surface area contributed by atoms with Crippen LogP contribution in [0.5, 0.6) is 5.88 Å². The Balaban J connectivity index is 1.30. The van der Waals surface area contributed by atoms with Gasteiger partial charge in [0.2, 0.25) is 5.88 Å². The molecule has 8 nitrogen and oxygen atoms in total. The van der Waals surface area contributed by atoms with E-state index in [4.69, 9.17) is 14.7 Å². The molecule has 0 radical (unpaired) electrons. The summed E-state index contributed by atoms with van der Waals surface area (Å²) in [5.41, 5.74) is 0.146. The second-order valence-electron chi connectivity index (χ2n) is 11.7. The van der Waals surface area contributed by atoms with E-state index in [1.165, 1.54) is 36.4 Å². The number of carboxylic acid groups (broad SMARTS) is 1. The Hall–Kier alpha value is -5.28. The van der Waals surface area contributed by atoms with Gasteiger partial charge in [0.05, 0.1) is 47.1 Å². The van der Waals surface area contributed by atoms with Crippen LogP contribution in [0.2, 0.25) is 0 Å². The van der Waals surface area contributed by atoms with Gasteiger partial charge >= 0.3 is 5.97 Å². The molecule has 1 unspecified atom stereocenters. The van der Waals surface area contributed by atoms with Crippen molar-refractivity contribution in [2.24, 2.45) is 5.41 Å². The molecule has 0 amide bonds. The number of nitrogens with zero attached hydrogens (tertiary/aromatic N) is 4. The number of nitriles is 1. The highest BCUT2D eigenvalue weighted by Crippen LogP contribution is 2.40. The first-order chi connectivity index (χ1) is 22.0. The van der Waals surface area contributed by atoms with Crippen LogP contribution in [0, 0.1) is 40.0 Å². The van der Waals surface area contributed by atoms with Gasteiger partial charge in [-0.25, -0.2) is 32.3 Å². The van der Waals surface area contributed by atoms with Gasteiger partial charge in [-0.3, -0.25) is 0 Å². The lowest BCUT2D eigenvalue weighted by molar-refractivity contribution is 0.0697. The van der Waals surface area contributed by atoms with E-state index in [1.54, 1.807) is 12.1 Å². The number of benzene rings is 3. The first kappa shape index (κ1) is 30.7. The summed E-state index contributed by atoms with van der Waals surface area (Å²) in [5.74, 6) is -4.70. The first-order valence-corrected chi connectivity index (χ1v) is 14.2. The summed E-state index contributed by atoms with van der Waals surface area (Å²) in [6, 6.07) is 14.7. The molecule has 46 heavy (non-hydrogen) atoms. The molecule has 0 bridgehead atoms. The predicted molar refractivity (Wildman–Crippen MR) is 158 cm³/mol. The van der Waals surface area contributed by atoms with Gasteiger partial charge in [-0.05, 0) is 48.0 Å². The zero-order valence-electron chi connectivity index (χ0n) is 24.7. The smallest absolute Gasteiger partial charge is 0.335 e. The van der Waals surface area contributed by atoms with Gasteiger partial charge in [-0.1, -0.05) is 26.0 Å². The fraction of sp³-hybridized carbons (Fsp3) is 0.235. The molecule has 1 aliphatic rings. The Bertz CT molecular complexity index is 2050. The lowest BCUT2D eigenvalue weighted by Crippen LogP contribution is -2.27. The molecule has 1 saturated heterocycles. The Labute approximate surface area is 260 Å². The maximum atomic E-state index is 15.6. The zero-order valence-corrected chi connectivity index (χ0v) is 24.7. The summed E-state index contributed by atoms with van der Waals surface area (Å²) >= 11 is 0. The number of pyridine rings is 1. The van der Waals surface area contributed by atoms with Crippen molar-refractivity contribution in [2.75, 3.05) is 13.2 Å². The zero-order chi connectivity index (χ0) is 32.7. The monoisotopic (exact) mass is 630 g/mol. The van der Waals surface area contributed by atoms with Crippen molar-refractivity contribution in [3.8, 4) is 23.2 Å². The fourth-order valence-electron chi connectivity index (χ4n) is 5.60. The van der Waals surface area contributed by atoms with Crippen molar-refractivity contribution in [3.63, 3.8) is 0 Å². The van der Waals surface area contributed by atoms with Gasteiger partial charge in [0.25, 0.3) is 0 Å². The fourth-order valence-corrected chi connectivity index (χ4v) is 5.60. The Kier molecular flexibility index (Phi) is 7.96. The van der Waals surface area contributed by atoms with Crippen LogP contribution in [-0.2, 0) is 17.8 Å². The average molecular weight is 631 g/mol. The molecule has 1 aliphatic heterocycles. The highest BCUT2D eigenvalue weighted by molar-refractivity contribution is 5.92. The number of aromatic carboxylic acids is 1. The number of rotatable bonds is 8. The van der Waals surface area contributed by atoms with Gasteiger partial charge in [0.1, 0.15) is 30.1 Å². The lowest BCUT2D eigenvalue weighted by atomic mass is 9.87. The highest BCUT2D eigenvalue weighted by atomic mass is 19.2. The van der Waals surface area contributed by atoms with Crippen LogP contribution in [-0.4, -0.2) is 38.8 Å². The van der Waals surface area contributed by atoms with Gasteiger partial charge in [-0.15, -0.1) is 0 Å². The third kappa shape index (κ3) is 5.65. The van der Waals surface area contributed by atoms with Crippen LogP contribution < -0.4 is 4.74 Å². The second-order valence-corrected chi connectivity index (χ2v) is 11.7. The summed E-state index contributed by atoms with van der Waals surface area (Å²) < 4.78 is 72.6. The lowest BCUT2D eigenvalue weighted by Gasteiger charge is -2.28. The molecule has 1 atom stereocenters. The van der Waals surface area contributed by atoms with Crippen LogP contribution in [0.25, 0.3) is 22.3 Å². The van der Waals surface area contributed by atoms with Gasteiger partial charge in [0, 0.05) is 29.0 Å². The molecule has 5 aromatic rings. The third-order valence-corrected chi connectivity index (χ3v) is 8.12. The Morgan fingerprint density at radius 2 is 1.85 bits per heavy atom. The predicted octanol–water partition coefficient (Wildman–Crippen LogP) is 6.99. The van der Waals surface area contributed by atoms with E-state index in [9.17, 15) is 18.7 Å². The number of aromatic nitrogens is 3. The summed E-state index contributed by atoms with van der Waals surface area (Å²) in [7, 11) is 0. The summed E-state index contributed by atoms with van der Waals surface area (Å²) in [5, 5.41) is 18.4. The summed E-state index contributed by atoms with van der Waals surface area (Å²) in [4.78, 5) is 20.6. The number of halogens is 4. The van der Waals surface area contributed by atoms with Crippen molar-refractivity contribution < 1.29 is 36.9 Å². The van der Waals surface area contributed by atoms with Crippen molar-refractivity contribution in [1.29, 1.82) is 5.26 Å². The van der Waals surface area contributed by atoms with Crippen molar-refractivity contribution >= 4 is 17.0 Å². The number of carbonyl (C=O) groups is 1. The molecular formula is C34H26F4N4O4. The van der Waals surface area contributed by atoms with Gasteiger partial charge < -0.3 is 19.1 Å². The van der Waals surface area contributed by atoms with Gasteiger partial charge in [-0.2, -0.15) is 5.26 Å². The molecule has 3 aromatic carbocycles. The molecule has 0 aliphatic carbocycles. The van der Waals surface area contributed by atoms with E-state index in [0.717, 1.165) is 18.2 Å². The van der Waals surface area contributed by atoms with Crippen molar-refractivity contribution in [1.82, 2.24) is 14.5 Å². The molecule has 0 saturated carbocycles. The molecule has 0 spiro atoms. The number of hydrogen-bond acceptors (Lipinski definition) is 6. The molecule has 12 heteroatoms. The summed E-state index contributed by atoms with van der Waals surface area (Å²) in [6.45, 7) is 4.41. The maximum absolute atomic E-state index is 15.6. The van der Waals surface area contributed by atoms with E-state index < -0.39 is 41.4 Å². The largest absolute Gasteiger partial charge is 0.478 e. The normalized spacial score (nSPS) is 15.6. The van der Waals surface area contributed by atoms with Gasteiger partial charge in [0.15, 0.2) is 11.6 Å². The maximum Gasteiger partial charge on any atom is 0.335 e. The summed E-state index contributed by atoms with van der Waals surface area (Å²) in [6.07, 6.45) is -0.0873. The quantitative estimate of drug-likeness (QED) is 0.184. The molecule has 3 heterocycles.